The summed E-state index contributed by atoms with van der Waals surface area (Å²) in [5.41, 5.74) is 4.26. The molecule has 0 spiro atoms. The molecule has 2 amide bonds. The van der Waals surface area contributed by atoms with Crippen molar-refractivity contribution in [3.63, 3.8) is 0 Å². The minimum atomic E-state index is -0.0689. The highest BCUT2D eigenvalue weighted by atomic mass is 16.3. The van der Waals surface area contributed by atoms with E-state index < -0.39 is 0 Å². The minimum Gasteiger partial charge on any atom is -0.436 e. The quantitative estimate of drug-likeness (QED) is 0.720. The van der Waals surface area contributed by atoms with Crippen molar-refractivity contribution in [2.45, 2.75) is 26.3 Å². The van der Waals surface area contributed by atoms with E-state index in [1.165, 1.54) is 0 Å². The Hall–Kier alpha value is -2.86. The van der Waals surface area contributed by atoms with Gasteiger partial charge < -0.3 is 19.5 Å². The zero-order valence-electron chi connectivity index (χ0n) is 16.6. The van der Waals surface area contributed by atoms with Gasteiger partial charge in [-0.15, -0.1) is 0 Å². The minimum absolute atomic E-state index is 0.0689. The van der Waals surface area contributed by atoms with E-state index in [1.807, 2.05) is 54.3 Å². The highest BCUT2D eigenvalue weighted by molar-refractivity contribution is 5.92. The number of likely N-dealkylation sites (N-methyl/N-ethyl adjacent to an activating group) is 1. The molecular weight excluding hydrogens is 352 g/mol. The molecule has 1 atom stereocenters. The predicted octanol–water partition coefficient (Wildman–Crippen LogP) is 4.36. The Balaban J connectivity index is 1.54. The average Bonchev–Trinajstić information content (AvgIpc) is 3.00. The van der Waals surface area contributed by atoms with Crippen molar-refractivity contribution in [2.24, 2.45) is 0 Å². The van der Waals surface area contributed by atoms with Crippen LogP contribution in [0.15, 0.2) is 46.9 Å². The summed E-state index contributed by atoms with van der Waals surface area (Å²) in [5.74, 6) is 0.589. The Kier molecular flexibility index (Phi) is 5.05. The van der Waals surface area contributed by atoms with Gasteiger partial charge in [-0.2, -0.15) is 0 Å². The number of nitrogens with one attached hydrogen (secondary N) is 1. The fraction of sp³-hybridized carbons (Fsp3) is 0.364. The number of hydrogen-bond acceptors (Lipinski definition) is 4. The summed E-state index contributed by atoms with van der Waals surface area (Å²) in [6.07, 6.45) is 0.981. The molecule has 1 aliphatic heterocycles. The topological polar surface area (TPSA) is 61.6 Å². The van der Waals surface area contributed by atoms with Crippen LogP contribution in [0.4, 0.5) is 10.5 Å². The number of aryl methyl sites for hydroxylation is 1. The molecule has 6 nitrogen and oxygen atoms in total. The Morgan fingerprint density at radius 3 is 2.89 bits per heavy atom. The first-order chi connectivity index (χ1) is 13.5. The van der Waals surface area contributed by atoms with Crippen molar-refractivity contribution in [1.82, 2.24) is 14.8 Å². The number of oxazole rings is 1. The largest absolute Gasteiger partial charge is 0.436 e. The van der Waals surface area contributed by atoms with E-state index in [2.05, 4.69) is 29.2 Å². The first kappa shape index (κ1) is 18.5. The van der Waals surface area contributed by atoms with E-state index in [9.17, 15) is 4.79 Å². The number of carbonyl (C=O) groups is 1. The molecule has 1 saturated heterocycles. The summed E-state index contributed by atoms with van der Waals surface area (Å²) in [4.78, 5) is 21.5. The smallest absolute Gasteiger partial charge is 0.322 e. The Bertz CT molecular complexity index is 997. The molecule has 2 aromatic carbocycles. The Morgan fingerprint density at radius 1 is 1.21 bits per heavy atom. The molecule has 1 N–H and O–H groups in total. The first-order valence-corrected chi connectivity index (χ1v) is 9.73. The third-order valence-electron chi connectivity index (χ3n) is 5.21. The zero-order chi connectivity index (χ0) is 19.7. The van der Waals surface area contributed by atoms with Gasteiger partial charge in [0, 0.05) is 36.4 Å². The molecule has 1 fully saturated rings. The number of benzene rings is 2. The molecule has 2 heterocycles. The molecule has 1 aromatic heterocycles. The second-order valence-electron chi connectivity index (χ2n) is 7.66. The molecule has 28 heavy (non-hydrogen) atoms. The fourth-order valence-corrected chi connectivity index (χ4v) is 3.77. The van der Waals surface area contributed by atoms with Gasteiger partial charge in [-0.3, -0.25) is 0 Å². The van der Waals surface area contributed by atoms with Crippen molar-refractivity contribution in [3.05, 3.63) is 48.0 Å². The van der Waals surface area contributed by atoms with Gasteiger partial charge in [0.05, 0.1) is 0 Å². The number of amides is 2. The van der Waals surface area contributed by atoms with Gasteiger partial charge in [-0.05, 0) is 58.1 Å². The SMILES string of the molecule is Cc1cccc(-c2nc3ccc(NC(=O)N4CCCN(C)CC4C)cc3o2)c1. The molecule has 6 heteroatoms. The monoisotopic (exact) mass is 378 g/mol. The maximum Gasteiger partial charge on any atom is 0.322 e. The number of rotatable bonds is 2. The van der Waals surface area contributed by atoms with Crippen molar-refractivity contribution in [2.75, 3.05) is 32.0 Å². The van der Waals surface area contributed by atoms with Crippen molar-refractivity contribution in [1.29, 1.82) is 0 Å². The third-order valence-corrected chi connectivity index (χ3v) is 5.21. The molecule has 0 bridgehead atoms. The summed E-state index contributed by atoms with van der Waals surface area (Å²) in [5, 5.41) is 3.02. The molecule has 1 aliphatic rings. The van der Waals surface area contributed by atoms with E-state index >= 15 is 0 Å². The Morgan fingerprint density at radius 2 is 2.07 bits per heavy atom. The van der Waals surface area contributed by atoms with Crippen molar-refractivity contribution >= 4 is 22.8 Å². The normalized spacial score (nSPS) is 18.2. The van der Waals surface area contributed by atoms with Gasteiger partial charge in [0.2, 0.25) is 5.89 Å². The number of urea groups is 1. The van der Waals surface area contributed by atoms with Gasteiger partial charge in [-0.1, -0.05) is 17.7 Å². The van der Waals surface area contributed by atoms with Crippen LogP contribution < -0.4 is 5.32 Å². The summed E-state index contributed by atoms with van der Waals surface area (Å²) in [6, 6.07) is 13.8. The molecule has 0 aliphatic carbocycles. The van der Waals surface area contributed by atoms with Crippen LogP contribution in [0, 0.1) is 6.92 Å². The van der Waals surface area contributed by atoms with Gasteiger partial charge >= 0.3 is 6.03 Å². The lowest BCUT2D eigenvalue weighted by Gasteiger charge is -2.28. The number of anilines is 1. The second-order valence-corrected chi connectivity index (χ2v) is 7.66. The standard InChI is InChI=1S/C22H26N4O2/c1-15-6-4-7-17(12-15)21-24-19-9-8-18(13-20(19)28-21)23-22(27)26-11-5-10-25(3)14-16(26)2/h4,6-9,12-13,16H,5,10-11,14H2,1-3H3,(H,23,27). The van der Waals surface area contributed by atoms with Crippen LogP contribution >= 0.6 is 0 Å². The maximum absolute atomic E-state index is 12.8. The molecule has 4 rings (SSSR count). The van der Waals surface area contributed by atoms with Crippen molar-refractivity contribution < 1.29 is 9.21 Å². The van der Waals surface area contributed by atoms with Crippen LogP contribution in [-0.2, 0) is 0 Å². The number of fused-ring (bicyclic) bond motifs is 1. The number of hydrogen-bond donors (Lipinski definition) is 1. The Labute approximate surface area is 165 Å². The number of aromatic nitrogens is 1. The number of nitrogens with zero attached hydrogens (tertiary/aromatic N) is 3. The third kappa shape index (κ3) is 3.87. The number of carbonyl (C=O) groups excluding carboxylic acids is 1. The summed E-state index contributed by atoms with van der Waals surface area (Å²) < 4.78 is 5.95. The highest BCUT2D eigenvalue weighted by Crippen LogP contribution is 2.27. The van der Waals surface area contributed by atoms with Crippen LogP contribution in [0.2, 0.25) is 0 Å². The lowest BCUT2D eigenvalue weighted by molar-refractivity contribution is 0.190. The fourth-order valence-electron chi connectivity index (χ4n) is 3.77. The summed E-state index contributed by atoms with van der Waals surface area (Å²) in [7, 11) is 2.10. The first-order valence-electron chi connectivity index (χ1n) is 9.73. The molecule has 146 valence electrons. The zero-order valence-corrected chi connectivity index (χ0v) is 16.6. The van der Waals surface area contributed by atoms with E-state index in [-0.39, 0.29) is 12.1 Å². The highest BCUT2D eigenvalue weighted by Gasteiger charge is 2.24. The van der Waals surface area contributed by atoms with Crippen LogP contribution in [0.3, 0.4) is 0 Å². The van der Waals surface area contributed by atoms with E-state index in [4.69, 9.17) is 4.42 Å². The summed E-state index contributed by atoms with van der Waals surface area (Å²) in [6.45, 7) is 6.80. The van der Waals surface area contributed by atoms with Gasteiger partial charge in [0.25, 0.3) is 0 Å². The molecular formula is C22H26N4O2. The molecule has 3 aromatic rings. The second kappa shape index (κ2) is 7.64. The average molecular weight is 378 g/mol. The maximum atomic E-state index is 12.8. The molecule has 1 unspecified atom stereocenters. The predicted molar refractivity (Wildman–Crippen MR) is 111 cm³/mol. The van der Waals surface area contributed by atoms with Crippen LogP contribution in [-0.4, -0.2) is 53.5 Å². The van der Waals surface area contributed by atoms with Gasteiger partial charge in [0.15, 0.2) is 5.58 Å². The van der Waals surface area contributed by atoms with Crippen molar-refractivity contribution in [3.8, 4) is 11.5 Å². The van der Waals surface area contributed by atoms with E-state index in [0.29, 0.717) is 17.2 Å². The van der Waals surface area contributed by atoms with Gasteiger partial charge in [-0.25, -0.2) is 9.78 Å². The van der Waals surface area contributed by atoms with E-state index in [1.54, 1.807) is 0 Å². The van der Waals surface area contributed by atoms with Crippen LogP contribution in [0.1, 0.15) is 18.9 Å². The lowest BCUT2D eigenvalue weighted by atomic mass is 10.1. The van der Waals surface area contributed by atoms with Gasteiger partial charge in [0.1, 0.15) is 5.52 Å². The molecule has 0 radical (unpaired) electrons. The van der Waals surface area contributed by atoms with E-state index in [0.717, 1.165) is 42.7 Å². The summed E-state index contributed by atoms with van der Waals surface area (Å²) >= 11 is 0. The van der Waals surface area contributed by atoms with Crippen LogP contribution in [0.25, 0.3) is 22.6 Å². The van der Waals surface area contributed by atoms with Crippen LogP contribution in [0.5, 0.6) is 0 Å². The molecule has 0 saturated carbocycles. The lowest BCUT2D eigenvalue weighted by Crippen LogP contribution is -2.44.